The number of ether oxygens (including phenoxy) is 1. The Hall–Kier alpha value is -1.55. The molecule has 0 bridgehead atoms. The molecule has 17 heavy (non-hydrogen) atoms. The van der Waals surface area contributed by atoms with Gasteiger partial charge in [0.2, 0.25) is 0 Å². The third-order valence-corrected chi connectivity index (χ3v) is 2.95. The van der Waals surface area contributed by atoms with Crippen LogP contribution in [0.3, 0.4) is 0 Å². The van der Waals surface area contributed by atoms with Gasteiger partial charge in [-0.05, 0) is 25.0 Å². The SMILES string of the molecule is CN(C(=O)NC[C@H]1CCCO1)c1ccccc1. The molecule has 0 spiro atoms. The molecule has 0 aromatic heterocycles. The van der Waals surface area contributed by atoms with Gasteiger partial charge in [0.1, 0.15) is 0 Å². The predicted molar refractivity (Wildman–Crippen MR) is 67.2 cm³/mol. The van der Waals surface area contributed by atoms with Crippen molar-refractivity contribution in [3.05, 3.63) is 30.3 Å². The second-order valence-corrected chi connectivity index (χ2v) is 4.22. The first kappa shape index (κ1) is 11.9. The summed E-state index contributed by atoms with van der Waals surface area (Å²) in [4.78, 5) is 13.5. The van der Waals surface area contributed by atoms with Crippen molar-refractivity contribution in [1.29, 1.82) is 0 Å². The third kappa shape index (κ3) is 3.20. The van der Waals surface area contributed by atoms with E-state index in [1.807, 2.05) is 30.3 Å². The maximum absolute atomic E-state index is 11.9. The summed E-state index contributed by atoms with van der Waals surface area (Å²) in [5, 5.41) is 2.88. The standard InChI is InChI=1S/C13H18N2O2/c1-15(11-6-3-2-4-7-11)13(16)14-10-12-8-5-9-17-12/h2-4,6-7,12H,5,8-10H2,1H3,(H,14,16)/t12-/m1/s1. The fraction of sp³-hybridized carbons (Fsp3) is 0.462. The van der Waals surface area contributed by atoms with Gasteiger partial charge in [-0.2, -0.15) is 0 Å². The molecular formula is C13H18N2O2. The Morgan fingerprint density at radius 2 is 2.24 bits per heavy atom. The summed E-state index contributed by atoms with van der Waals surface area (Å²) in [5.74, 6) is 0. The number of carbonyl (C=O) groups excluding carboxylic acids is 1. The lowest BCUT2D eigenvalue weighted by Gasteiger charge is -2.19. The van der Waals surface area contributed by atoms with Crippen LogP contribution in [0.15, 0.2) is 30.3 Å². The molecule has 0 radical (unpaired) electrons. The number of urea groups is 1. The van der Waals surface area contributed by atoms with Crippen molar-refractivity contribution < 1.29 is 9.53 Å². The molecule has 1 aliphatic rings. The van der Waals surface area contributed by atoms with Gasteiger partial charge in [-0.1, -0.05) is 18.2 Å². The summed E-state index contributed by atoms with van der Waals surface area (Å²) in [7, 11) is 1.76. The molecule has 1 heterocycles. The number of amides is 2. The van der Waals surface area contributed by atoms with Crippen LogP contribution < -0.4 is 10.2 Å². The van der Waals surface area contributed by atoms with Gasteiger partial charge in [-0.15, -0.1) is 0 Å². The Bertz CT molecular complexity index is 361. The number of anilines is 1. The van der Waals surface area contributed by atoms with E-state index in [4.69, 9.17) is 4.74 Å². The van der Waals surface area contributed by atoms with Crippen molar-refractivity contribution >= 4 is 11.7 Å². The lowest BCUT2D eigenvalue weighted by molar-refractivity contribution is 0.111. The maximum atomic E-state index is 11.9. The summed E-state index contributed by atoms with van der Waals surface area (Å²) >= 11 is 0. The monoisotopic (exact) mass is 234 g/mol. The number of para-hydroxylation sites is 1. The number of nitrogens with one attached hydrogen (secondary N) is 1. The average Bonchev–Trinajstić information content (AvgIpc) is 2.89. The Morgan fingerprint density at radius 3 is 2.88 bits per heavy atom. The second-order valence-electron chi connectivity index (χ2n) is 4.22. The van der Waals surface area contributed by atoms with Crippen molar-refractivity contribution in [3.8, 4) is 0 Å². The van der Waals surface area contributed by atoms with Crippen molar-refractivity contribution in [2.45, 2.75) is 18.9 Å². The molecule has 1 N–H and O–H groups in total. The number of hydrogen-bond acceptors (Lipinski definition) is 2. The molecule has 0 aliphatic carbocycles. The first-order valence-electron chi connectivity index (χ1n) is 5.95. The minimum Gasteiger partial charge on any atom is -0.376 e. The van der Waals surface area contributed by atoms with Gasteiger partial charge in [-0.25, -0.2) is 4.79 Å². The van der Waals surface area contributed by atoms with Crippen molar-refractivity contribution in [3.63, 3.8) is 0 Å². The Balaban J connectivity index is 1.83. The predicted octanol–water partition coefficient (Wildman–Crippen LogP) is 2.01. The van der Waals surface area contributed by atoms with Gasteiger partial charge >= 0.3 is 6.03 Å². The zero-order valence-corrected chi connectivity index (χ0v) is 10.1. The van der Waals surface area contributed by atoms with Crippen LogP contribution in [0.25, 0.3) is 0 Å². The lowest BCUT2D eigenvalue weighted by Crippen LogP contribution is -2.40. The Labute approximate surface area is 102 Å². The molecular weight excluding hydrogens is 216 g/mol. The van der Waals surface area contributed by atoms with E-state index >= 15 is 0 Å². The highest BCUT2D eigenvalue weighted by Crippen LogP contribution is 2.12. The summed E-state index contributed by atoms with van der Waals surface area (Å²) in [6.45, 7) is 1.41. The molecule has 0 saturated carbocycles. The van der Waals surface area contributed by atoms with E-state index in [0.717, 1.165) is 25.1 Å². The molecule has 1 aliphatic heterocycles. The van der Waals surface area contributed by atoms with E-state index in [0.29, 0.717) is 6.54 Å². The Kier molecular flexibility index (Phi) is 3.98. The van der Waals surface area contributed by atoms with Gasteiger partial charge < -0.3 is 10.1 Å². The molecule has 92 valence electrons. The largest absolute Gasteiger partial charge is 0.376 e. The van der Waals surface area contributed by atoms with Crippen LogP contribution >= 0.6 is 0 Å². The first-order chi connectivity index (χ1) is 8.27. The summed E-state index contributed by atoms with van der Waals surface area (Å²) in [6.07, 6.45) is 2.31. The van der Waals surface area contributed by atoms with E-state index < -0.39 is 0 Å². The fourth-order valence-electron chi connectivity index (χ4n) is 1.89. The van der Waals surface area contributed by atoms with Crippen LogP contribution in [0.4, 0.5) is 10.5 Å². The minimum atomic E-state index is -0.0910. The van der Waals surface area contributed by atoms with Crippen molar-refractivity contribution in [2.24, 2.45) is 0 Å². The van der Waals surface area contributed by atoms with E-state index in [1.165, 1.54) is 0 Å². The highest BCUT2D eigenvalue weighted by molar-refractivity contribution is 5.91. The molecule has 0 unspecified atom stereocenters. The van der Waals surface area contributed by atoms with E-state index in [9.17, 15) is 4.79 Å². The van der Waals surface area contributed by atoms with Crippen molar-refractivity contribution in [2.75, 3.05) is 25.1 Å². The van der Waals surface area contributed by atoms with E-state index in [2.05, 4.69) is 5.32 Å². The molecule has 1 fully saturated rings. The van der Waals surface area contributed by atoms with Crippen LogP contribution in [0.5, 0.6) is 0 Å². The molecule has 1 aromatic rings. The number of rotatable bonds is 3. The van der Waals surface area contributed by atoms with E-state index in [1.54, 1.807) is 11.9 Å². The maximum Gasteiger partial charge on any atom is 0.321 e. The molecule has 4 heteroatoms. The van der Waals surface area contributed by atoms with Crippen LogP contribution in [-0.4, -0.2) is 32.3 Å². The highest BCUT2D eigenvalue weighted by Gasteiger charge is 2.17. The van der Waals surface area contributed by atoms with Crippen molar-refractivity contribution in [1.82, 2.24) is 5.32 Å². The van der Waals surface area contributed by atoms with Gasteiger partial charge in [0, 0.05) is 25.9 Å². The Morgan fingerprint density at radius 1 is 1.47 bits per heavy atom. The number of hydrogen-bond donors (Lipinski definition) is 1. The topological polar surface area (TPSA) is 41.6 Å². The van der Waals surface area contributed by atoms with Crippen LogP contribution in [0.1, 0.15) is 12.8 Å². The average molecular weight is 234 g/mol. The molecule has 1 saturated heterocycles. The van der Waals surface area contributed by atoms with E-state index in [-0.39, 0.29) is 12.1 Å². The summed E-state index contributed by atoms with van der Waals surface area (Å²) in [6, 6.07) is 9.49. The molecule has 2 rings (SSSR count). The molecule has 2 amide bonds. The highest BCUT2D eigenvalue weighted by atomic mass is 16.5. The number of carbonyl (C=O) groups is 1. The zero-order valence-electron chi connectivity index (χ0n) is 10.1. The summed E-state index contributed by atoms with van der Waals surface area (Å²) < 4.78 is 5.46. The zero-order chi connectivity index (χ0) is 12.1. The number of nitrogens with zero attached hydrogens (tertiary/aromatic N) is 1. The van der Waals surface area contributed by atoms with Gasteiger partial charge in [0.15, 0.2) is 0 Å². The second kappa shape index (κ2) is 5.68. The van der Waals surface area contributed by atoms with Gasteiger partial charge in [0.05, 0.1) is 6.10 Å². The lowest BCUT2D eigenvalue weighted by atomic mass is 10.2. The normalized spacial score (nSPS) is 19.0. The molecule has 1 atom stereocenters. The van der Waals surface area contributed by atoms with Crippen LogP contribution in [0.2, 0.25) is 0 Å². The quantitative estimate of drug-likeness (QED) is 0.869. The number of benzene rings is 1. The minimum absolute atomic E-state index is 0.0910. The van der Waals surface area contributed by atoms with Crippen LogP contribution in [-0.2, 0) is 4.74 Å². The fourth-order valence-corrected chi connectivity index (χ4v) is 1.89. The molecule has 1 aromatic carbocycles. The van der Waals surface area contributed by atoms with Gasteiger partial charge in [0.25, 0.3) is 0 Å². The third-order valence-electron chi connectivity index (χ3n) is 2.95. The summed E-state index contributed by atoms with van der Waals surface area (Å²) in [5.41, 5.74) is 0.886. The molecule has 4 nitrogen and oxygen atoms in total. The first-order valence-corrected chi connectivity index (χ1v) is 5.95. The smallest absolute Gasteiger partial charge is 0.321 e. The van der Waals surface area contributed by atoms with Gasteiger partial charge in [-0.3, -0.25) is 4.90 Å². The van der Waals surface area contributed by atoms with Crippen LogP contribution in [0, 0.1) is 0 Å².